The van der Waals surface area contributed by atoms with Crippen LogP contribution in [0.15, 0.2) is 41.8 Å². The molecule has 0 spiro atoms. The molecule has 0 amide bonds. The first-order chi connectivity index (χ1) is 7.88. The summed E-state index contributed by atoms with van der Waals surface area (Å²) < 4.78 is 5.67. The highest BCUT2D eigenvalue weighted by molar-refractivity contribution is 7.09. The van der Waals surface area contributed by atoms with E-state index in [2.05, 4.69) is 28.9 Å². The van der Waals surface area contributed by atoms with Crippen LogP contribution in [0.5, 0.6) is 5.75 Å². The third-order valence-electron chi connectivity index (χ3n) is 2.27. The third kappa shape index (κ3) is 4.38. The summed E-state index contributed by atoms with van der Waals surface area (Å²) in [6.07, 6.45) is 0. The molecule has 0 saturated heterocycles. The Kier molecular flexibility index (Phi) is 6.05. The van der Waals surface area contributed by atoms with Crippen molar-refractivity contribution in [2.75, 3.05) is 7.05 Å². The van der Waals surface area contributed by atoms with Crippen LogP contribution in [0.25, 0.3) is 0 Å². The highest BCUT2D eigenvalue weighted by Gasteiger charge is 1.97. The highest BCUT2D eigenvalue weighted by atomic mass is 35.5. The number of ether oxygens (including phenoxy) is 1. The van der Waals surface area contributed by atoms with Crippen molar-refractivity contribution in [1.29, 1.82) is 0 Å². The average Bonchev–Trinajstić information content (AvgIpc) is 2.82. The number of hydrogen-bond acceptors (Lipinski definition) is 3. The predicted octanol–water partition coefficient (Wildman–Crippen LogP) is 0.0505. The van der Waals surface area contributed by atoms with Gasteiger partial charge in [0.15, 0.2) is 0 Å². The first kappa shape index (κ1) is 14.0. The lowest BCUT2D eigenvalue weighted by Gasteiger charge is -2.05. The molecule has 0 aliphatic heterocycles. The lowest BCUT2D eigenvalue weighted by Crippen LogP contribution is -3.00. The van der Waals surface area contributed by atoms with Gasteiger partial charge >= 0.3 is 0 Å². The van der Waals surface area contributed by atoms with Crippen LogP contribution in [0.3, 0.4) is 0 Å². The second kappa shape index (κ2) is 7.33. The summed E-state index contributed by atoms with van der Waals surface area (Å²) >= 11 is 1.72. The molecular formula is C13H15ClNOS-. The normalized spacial score (nSPS) is 9.71. The van der Waals surface area contributed by atoms with Crippen LogP contribution in [-0.4, -0.2) is 7.05 Å². The van der Waals surface area contributed by atoms with Gasteiger partial charge in [0.05, 0.1) is 0 Å². The molecule has 1 N–H and O–H groups in total. The molecule has 0 atom stereocenters. The first-order valence-corrected chi connectivity index (χ1v) is 6.15. The van der Waals surface area contributed by atoms with Crippen LogP contribution in [0, 0.1) is 0 Å². The molecule has 1 heterocycles. The van der Waals surface area contributed by atoms with E-state index in [-0.39, 0.29) is 12.4 Å². The van der Waals surface area contributed by atoms with Crippen molar-refractivity contribution in [2.24, 2.45) is 0 Å². The molecule has 2 aromatic rings. The van der Waals surface area contributed by atoms with Crippen LogP contribution in [0.2, 0.25) is 0 Å². The predicted molar refractivity (Wildman–Crippen MR) is 67.9 cm³/mol. The molecule has 0 aliphatic carbocycles. The van der Waals surface area contributed by atoms with Gasteiger partial charge in [-0.15, -0.1) is 11.3 Å². The minimum absolute atomic E-state index is 0. The van der Waals surface area contributed by atoms with E-state index in [1.54, 1.807) is 11.3 Å². The molecule has 1 aromatic carbocycles. The molecule has 1 aromatic heterocycles. The molecule has 0 bridgehead atoms. The van der Waals surface area contributed by atoms with Gasteiger partial charge in [0.1, 0.15) is 12.4 Å². The maximum absolute atomic E-state index is 5.67. The lowest BCUT2D eigenvalue weighted by molar-refractivity contribution is -0.00000360. The third-order valence-corrected chi connectivity index (χ3v) is 3.12. The first-order valence-electron chi connectivity index (χ1n) is 5.27. The van der Waals surface area contributed by atoms with E-state index in [1.807, 2.05) is 25.2 Å². The van der Waals surface area contributed by atoms with Gasteiger partial charge in [-0.3, -0.25) is 0 Å². The summed E-state index contributed by atoms with van der Waals surface area (Å²) in [5.74, 6) is 0.924. The fourth-order valence-electron chi connectivity index (χ4n) is 1.46. The number of thiophene rings is 1. The Morgan fingerprint density at radius 3 is 2.53 bits per heavy atom. The minimum atomic E-state index is 0. The van der Waals surface area contributed by atoms with Gasteiger partial charge in [0.2, 0.25) is 0 Å². The number of rotatable bonds is 5. The van der Waals surface area contributed by atoms with E-state index in [0.29, 0.717) is 6.61 Å². The van der Waals surface area contributed by atoms with Crippen LogP contribution in [-0.2, 0) is 13.2 Å². The van der Waals surface area contributed by atoms with Crippen LogP contribution in [0.4, 0.5) is 0 Å². The molecule has 2 nitrogen and oxygen atoms in total. The molecular weight excluding hydrogens is 254 g/mol. The molecule has 0 radical (unpaired) electrons. The quantitative estimate of drug-likeness (QED) is 0.828. The van der Waals surface area contributed by atoms with Crippen LogP contribution >= 0.6 is 11.3 Å². The number of benzene rings is 1. The lowest BCUT2D eigenvalue weighted by atomic mass is 10.2. The van der Waals surface area contributed by atoms with E-state index in [9.17, 15) is 0 Å². The van der Waals surface area contributed by atoms with Crippen molar-refractivity contribution in [3.63, 3.8) is 0 Å². The van der Waals surface area contributed by atoms with E-state index in [4.69, 9.17) is 4.74 Å². The number of hydrogen-bond donors (Lipinski definition) is 1. The van der Waals surface area contributed by atoms with Crippen molar-refractivity contribution in [3.05, 3.63) is 52.2 Å². The standard InChI is InChI=1S/C13H15NOS.ClH/c1-14-9-11-4-6-12(7-5-11)15-10-13-3-2-8-16-13;/h2-8,14H,9-10H2,1H3;1H/p-1. The largest absolute Gasteiger partial charge is 1.00 e. The van der Waals surface area contributed by atoms with E-state index < -0.39 is 0 Å². The van der Waals surface area contributed by atoms with Crippen LogP contribution < -0.4 is 22.5 Å². The average molecular weight is 269 g/mol. The molecule has 0 aliphatic rings. The van der Waals surface area contributed by atoms with Gasteiger partial charge in [-0.05, 0) is 36.2 Å². The van der Waals surface area contributed by atoms with Crippen molar-refractivity contribution < 1.29 is 17.1 Å². The highest BCUT2D eigenvalue weighted by Crippen LogP contribution is 2.16. The Morgan fingerprint density at radius 1 is 1.18 bits per heavy atom. The topological polar surface area (TPSA) is 21.3 Å². The summed E-state index contributed by atoms with van der Waals surface area (Å²) in [7, 11) is 1.95. The Bertz CT molecular complexity index is 413. The molecule has 0 fully saturated rings. The van der Waals surface area contributed by atoms with E-state index >= 15 is 0 Å². The molecule has 0 unspecified atom stereocenters. The van der Waals surface area contributed by atoms with Gasteiger partial charge < -0.3 is 22.5 Å². The summed E-state index contributed by atoms with van der Waals surface area (Å²) in [6, 6.07) is 12.3. The monoisotopic (exact) mass is 268 g/mol. The van der Waals surface area contributed by atoms with Gasteiger partial charge in [-0.2, -0.15) is 0 Å². The van der Waals surface area contributed by atoms with Crippen molar-refractivity contribution >= 4 is 11.3 Å². The van der Waals surface area contributed by atoms with Gasteiger partial charge in [0, 0.05) is 11.4 Å². The number of nitrogens with one attached hydrogen (secondary N) is 1. The van der Waals surface area contributed by atoms with Gasteiger partial charge in [-0.1, -0.05) is 18.2 Å². The summed E-state index contributed by atoms with van der Waals surface area (Å²) in [5.41, 5.74) is 1.27. The summed E-state index contributed by atoms with van der Waals surface area (Å²) in [4.78, 5) is 1.25. The Hall–Kier alpha value is -1.03. The summed E-state index contributed by atoms with van der Waals surface area (Å²) in [6.45, 7) is 1.55. The zero-order chi connectivity index (χ0) is 11.2. The van der Waals surface area contributed by atoms with Crippen LogP contribution in [0.1, 0.15) is 10.4 Å². The van der Waals surface area contributed by atoms with Gasteiger partial charge in [0.25, 0.3) is 0 Å². The maximum atomic E-state index is 5.67. The molecule has 92 valence electrons. The van der Waals surface area contributed by atoms with Crippen molar-refractivity contribution in [1.82, 2.24) is 5.32 Å². The minimum Gasteiger partial charge on any atom is -1.00 e. The Balaban J connectivity index is 0.00000144. The fraction of sp³-hybridized carbons (Fsp3) is 0.231. The van der Waals surface area contributed by atoms with Gasteiger partial charge in [-0.25, -0.2) is 0 Å². The second-order valence-electron chi connectivity index (χ2n) is 3.54. The Morgan fingerprint density at radius 2 is 1.94 bits per heavy atom. The van der Waals surface area contributed by atoms with E-state index in [0.717, 1.165) is 12.3 Å². The maximum Gasteiger partial charge on any atom is 0.122 e. The molecule has 4 heteroatoms. The molecule has 0 saturated carbocycles. The summed E-state index contributed by atoms with van der Waals surface area (Å²) in [5, 5.41) is 5.18. The van der Waals surface area contributed by atoms with E-state index in [1.165, 1.54) is 10.4 Å². The second-order valence-corrected chi connectivity index (χ2v) is 4.57. The smallest absolute Gasteiger partial charge is 0.122 e. The SMILES string of the molecule is CNCc1ccc(OCc2cccs2)cc1.[Cl-]. The number of halogens is 1. The molecule has 17 heavy (non-hydrogen) atoms. The zero-order valence-electron chi connectivity index (χ0n) is 9.65. The fourth-order valence-corrected chi connectivity index (χ4v) is 2.07. The molecule has 2 rings (SSSR count). The zero-order valence-corrected chi connectivity index (χ0v) is 11.2. The Labute approximate surface area is 112 Å². The van der Waals surface area contributed by atoms with Crippen molar-refractivity contribution in [2.45, 2.75) is 13.2 Å². The van der Waals surface area contributed by atoms with Crippen molar-refractivity contribution in [3.8, 4) is 5.75 Å².